The molecule has 1 heterocycles. The van der Waals surface area contributed by atoms with Crippen LogP contribution in [-0.4, -0.2) is 51.6 Å². The van der Waals surface area contributed by atoms with E-state index in [9.17, 15) is 9.90 Å². The van der Waals surface area contributed by atoms with Crippen molar-refractivity contribution in [3.63, 3.8) is 0 Å². The van der Waals surface area contributed by atoms with Crippen LogP contribution in [0.4, 0.5) is 0 Å². The number of esters is 1. The van der Waals surface area contributed by atoms with Crippen LogP contribution >= 0.6 is 0 Å². The van der Waals surface area contributed by atoms with Gasteiger partial charge in [0.2, 0.25) is 0 Å². The number of fused-ring (bicyclic) bond motifs is 1. The molecule has 0 bridgehead atoms. The fourth-order valence-corrected chi connectivity index (χ4v) is 3.05. The first-order valence-corrected chi connectivity index (χ1v) is 8.88. The summed E-state index contributed by atoms with van der Waals surface area (Å²) in [4.78, 5) is 16.3. The Morgan fingerprint density at radius 3 is 2.50 bits per heavy atom. The predicted molar refractivity (Wildman–Crippen MR) is 102 cm³/mol. The van der Waals surface area contributed by atoms with E-state index in [1.165, 1.54) is 0 Å². The first-order chi connectivity index (χ1) is 12.0. The number of benzene rings is 1. The summed E-state index contributed by atoms with van der Waals surface area (Å²) in [5, 5.41) is 22.9. The van der Waals surface area contributed by atoms with E-state index in [1.807, 2.05) is 65.1 Å². The molecule has 0 saturated heterocycles. The van der Waals surface area contributed by atoms with E-state index < -0.39 is 23.2 Å². The minimum atomic E-state index is -0.892. The highest BCUT2D eigenvalue weighted by Crippen LogP contribution is 2.35. The summed E-state index contributed by atoms with van der Waals surface area (Å²) in [5.41, 5.74) is 0.471. The molecule has 0 spiro atoms. The van der Waals surface area contributed by atoms with Gasteiger partial charge >= 0.3 is 5.97 Å². The van der Waals surface area contributed by atoms with Crippen molar-refractivity contribution in [2.45, 2.75) is 57.8 Å². The maximum atomic E-state index is 13.1. The minimum absolute atomic E-state index is 0.172. The maximum Gasteiger partial charge on any atom is 0.315 e. The molecule has 1 aromatic carbocycles. The van der Waals surface area contributed by atoms with Gasteiger partial charge in [0.15, 0.2) is 0 Å². The van der Waals surface area contributed by atoms with E-state index in [4.69, 9.17) is 9.84 Å². The molecule has 0 fully saturated rings. The van der Waals surface area contributed by atoms with E-state index in [-0.39, 0.29) is 19.1 Å². The van der Waals surface area contributed by atoms with E-state index >= 15 is 0 Å². The van der Waals surface area contributed by atoms with Gasteiger partial charge in [-0.3, -0.25) is 4.79 Å². The van der Waals surface area contributed by atoms with Crippen LogP contribution in [0.3, 0.4) is 0 Å². The van der Waals surface area contributed by atoms with Gasteiger partial charge in [-0.2, -0.15) is 0 Å². The van der Waals surface area contributed by atoms with Crippen molar-refractivity contribution >= 4 is 16.9 Å². The average molecular weight is 362 g/mol. The Morgan fingerprint density at radius 2 is 1.88 bits per heavy atom. The standard InChI is InChI=1S/C20H30N2O4/c1-19(2,3)26-18(25)17(20(4,5)22-10-13(24)12-23)15-11-21-16-9-7-6-8-14(15)16/h6-9,11,13,17,21-24H,10,12H2,1-5H3/t13-,17?/m0/s1. The third-order valence-electron chi connectivity index (χ3n) is 4.30. The lowest BCUT2D eigenvalue weighted by atomic mass is 9.81. The van der Waals surface area contributed by atoms with E-state index in [0.717, 1.165) is 16.5 Å². The molecular weight excluding hydrogens is 332 g/mol. The number of aromatic amines is 1. The lowest BCUT2D eigenvalue weighted by Crippen LogP contribution is -2.51. The number of hydrogen-bond acceptors (Lipinski definition) is 5. The predicted octanol–water partition coefficient (Wildman–Crippen LogP) is 2.31. The monoisotopic (exact) mass is 362 g/mol. The molecule has 1 aromatic heterocycles. The lowest BCUT2D eigenvalue weighted by molar-refractivity contribution is -0.158. The number of carbonyl (C=O) groups excluding carboxylic acids is 1. The Balaban J connectivity index is 2.43. The second-order valence-electron chi connectivity index (χ2n) is 8.20. The summed E-state index contributed by atoms with van der Waals surface area (Å²) in [5.74, 6) is -0.929. The van der Waals surface area contributed by atoms with Gasteiger partial charge in [0, 0.05) is 29.2 Å². The van der Waals surface area contributed by atoms with Gasteiger partial charge in [-0.15, -0.1) is 0 Å². The summed E-state index contributed by atoms with van der Waals surface area (Å²) >= 11 is 0. The van der Waals surface area contributed by atoms with Crippen LogP contribution in [-0.2, 0) is 9.53 Å². The minimum Gasteiger partial charge on any atom is -0.459 e. The molecule has 144 valence electrons. The van der Waals surface area contributed by atoms with Crippen molar-refractivity contribution in [1.29, 1.82) is 0 Å². The Hall–Kier alpha value is -1.89. The van der Waals surface area contributed by atoms with Gasteiger partial charge in [0.05, 0.1) is 12.7 Å². The molecule has 0 amide bonds. The Bertz CT molecular complexity index is 746. The number of rotatable bonds is 7. The summed E-state index contributed by atoms with van der Waals surface area (Å²) < 4.78 is 5.69. The van der Waals surface area contributed by atoms with Crippen LogP contribution in [0.15, 0.2) is 30.5 Å². The molecule has 6 heteroatoms. The number of β-amino-alcohol motifs (C(OH)–C–C–N with tert-alkyl or cyclic N) is 1. The largest absolute Gasteiger partial charge is 0.459 e. The van der Waals surface area contributed by atoms with Crippen molar-refractivity contribution in [1.82, 2.24) is 10.3 Å². The summed E-state index contributed by atoms with van der Waals surface area (Å²) in [6.45, 7) is 9.15. The zero-order valence-corrected chi connectivity index (χ0v) is 16.2. The van der Waals surface area contributed by atoms with Crippen LogP contribution in [0, 0.1) is 0 Å². The second-order valence-corrected chi connectivity index (χ2v) is 8.20. The number of aliphatic hydroxyl groups excluding tert-OH is 2. The summed E-state index contributed by atoms with van der Waals surface area (Å²) in [7, 11) is 0. The Kier molecular flexibility index (Phi) is 6.11. The van der Waals surface area contributed by atoms with Gasteiger partial charge < -0.3 is 25.3 Å². The molecule has 2 atom stereocenters. The SMILES string of the molecule is CC(C)(C)OC(=O)C(c1c[nH]c2ccccc12)C(C)(C)NC[C@H](O)CO. The fourth-order valence-electron chi connectivity index (χ4n) is 3.05. The molecule has 0 aliphatic heterocycles. The van der Waals surface area contributed by atoms with Crippen molar-refractivity contribution in [2.75, 3.05) is 13.2 Å². The van der Waals surface area contributed by atoms with Gasteiger partial charge in [-0.1, -0.05) is 18.2 Å². The zero-order valence-electron chi connectivity index (χ0n) is 16.2. The maximum absolute atomic E-state index is 13.1. The highest BCUT2D eigenvalue weighted by Gasteiger charge is 2.40. The normalized spacial score (nSPS) is 15.0. The molecule has 0 radical (unpaired) electrons. The second kappa shape index (κ2) is 7.78. The van der Waals surface area contributed by atoms with Crippen LogP contribution in [0.5, 0.6) is 0 Å². The first kappa shape index (κ1) is 20.4. The van der Waals surface area contributed by atoms with Crippen LogP contribution in [0.1, 0.15) is 46.1 Å². The van der Waals surface area contributed by atoms with Crippen molar-refractivity contribution < 1.29 is 19.7 Å². The van der Waals surface area contributed by atoms with Crippen molar-refractivity contribution in [3.05, 3.63) is 36.0 Å². The fraction of sp³-hybridized carbons (Fsp3) is 0.550. The average Bonchev–Trinajstić information content (AvgIpc) is 2.94. The van der Waals surface area contributed by atoms with Gasteiger partial charge in [-0.25, -0.2) is 0 Å². The number of ether oxygens (including phenoxy) is 1. The highest BCUT2D eigenvalue weighted by atomic mass is 16.6. The van der Waals surface area contributed by atoms with E-state index in [0.29, 0.717) is 0 Å². The number of carbonyl (C=O) groups is 1. The number of hydrogen-bond donors (Lipinski definition) is 4. The highest BCUT2D eigenvalue weighted by molar-refractivity contribution is 5.91. The van der Waals surface area contributed by atoms with Gasteiger partial charge in [-0.05, 0) is 46.2 Å². The third kappa shape index (κ3) is 4.84. The Morgan fingerprint density at radius 1 is 1.23 bits per heavy atom. The molecule has 0 aliphatic rings. The van der Waals surface area contributed by atoms with Gasteiger partial charge in [0.1, 0.15) is 11.5 Å². The summed E-state index contributed by atoms with van der Waals surface area (Å²) in [6.07, 6.45) is 0.946. The molecule has 6 nitrogen and oxygen atoms in total. The third-order valence-corrected chi connectivity index (χ3v) is 4.30. The van der Waals surface area contributed by atoms with E-state index in [1.54, 1.807) is 0 Å². The quantitative estimate of drug-likeness (QED) is 0.567. The lowest BCUT2D eigenvalue weighted by Gasteiger charge is -2.36. The van der Waals surface area contributed by atoms with Crippen LogP contribution in [0.25, 0.3) is 10.9 Å². The number of H-pyrrole nitrogens is 1. The molecule has 26 heavy (non-hydrogen) atoms. The topological polar surface area (TPSA) is 94.6 Å². The molecule has 2 aromatic rings. The molecular formula is C20H30N2O4. The Labute approximate surface area is 154 Å². The molecule has 0 aliphatic carbocycles. The van der Waals surface area contributed by atoms with Crippen molar-refractivity contribution in [3.8, 4) is 0 Å². The zero-order chi connectivity index (χ0) is 19.5. The molecule has 2 rings (SSSR count). The van der Waals surface area contributed by atoms with Gasteiger partial charge in [0.25, 0.3) is 0 Å². The van der Waals surface area contributed by atoms with Crippen molar-refractivity contribution in [2.24, 2.45) is 0 Å². The van der Waals surface area contributed by atoms with Crippen LogP contribution in [0.2, 0.25) is 0 Å². The van der Waals surface area contributed by atoms with E-state index in [2.05, 4.69) is 10.3 Å². The number of aromatic nitrogens is 1. The molecule has 4 N–H and O–H groups in total. The number of nitrogens with one attached hydrogen (secondary N) is 2. The van der Waals surface area contributed by atoms with Crippen LogP contribution < -0.4 is 5.32 Å². The number of aliphatic hydroxyl groups is 2. The molecule has 0 saturated carbocycles. The summed E-state index contributed by atoms with van der Waals surface area (Å²) in [6, 6.07) is 7.80. The smallest absolute Gasteiger partial charge is 0.315 e. The molecule has 1 unspecified atom stereocenters. The number of para-hydroxylation sites is 1. The first-order valence-electron chi connectivity index (χ1n) is 8.88.